The van der Waals surface area contributed by atoms with E-state index in [0.717, 1.165) is 30.7 Å². The van der Waals surface area contributed by atoms with Gasteiger partial charge in [-0.1, -0.05) is 32.1 Å². The molecular weight excluding hydrogens is 285 g/mol. The van der Waals surface area contributed by atoms with Crippen molar-refractivity contribution in [3.63, 3.8) is 0 Å². The molecule has 0 fully saturated rings. The number of ether oxygens (including phenoxy) is 1. The van der Waals surface area contributed by atoms with Crippen molar-refractivity contribution in [2.24, 2.45) is 0 Å². The van der Waals surface area contributed by atoms with Gasteiger partial charge in [-0.3, -0.25) is 0 Å². The highest BCUT2D eigenvalue weighted by molar-refractivity contribution is 5.89. The largest absolute Gasteiger partial charge is 0.462 e. The van der Waals surface area contributed by atoms with Crippen LogP contribution in [-0.4, -0.2) is 17.7 Å². The summed E-state index contributed by atoms with van der Waals surface area (Å²) >= 11 is 0. The second-order valence-corrected chi connectivity index (χ2v) is 4.54. The summed E-state index contributed by atoms with van der Waals surface area (Å²) in [6.07, 6.45) is -4.29. The van der Waals surface area contributed by atoms with E-state index in [-0.39, 0.29) is 17.7 Å². The van der Waals surface area contributed by atoms with E-state index in [1.807, 2.05) is 6.92 Å². The van der Waals surface area contributed by atoms with Crippen LogP contribution in [0.25, 0.3) is 0 Å². The van der Waals surface area contributed by atoms with Crippen LogP contribution < -0.4 is 0 Å². The van der Waals surface area contributed by atoms with Crippen molar-refractivity contribution in [1.29, 1.82) is 0 Å². The Kier molecular flexibility index (Phi) is 5.96. The van der Waals surface area contributed by atoms with Gasteiger partial charge in [-0.05, 0) is 24.1 Å². The summed E-state index contributed by atoms with van der Waals surface area (Å²) in [5.74, 6) is -0.754. The van der Waals surface area contributed by atoms with Crippen LogP contribution >= 0.6 is 0 Å². The summed E-state index contributed by atoms with van der Waals surface area (Å²) in [6.45, 7) is 5.58. The zero-order chi connectivity index (χ0) is 16.0. The molecule has 1 atom stereocenters. The Morgan fingerprint density at radius 2 is 1.90 bits per heavy atom. The van der Waals surface area contributed by atoms with Gasteiger partial charge in [-0.15, -0.1) is 0 Å². The van der Waals surface area contributed by atoms with Crippen LogP contribution in [0.3, 0.4) is 0 Å². The molecule has 0 saturated carbocycles. The summed E-state index contributed by atoms with van der Waals surface area (Å²) in [7, 11) is 0. The van der Waals surface area contributed by atoms with Crippen LogP contribution in [0, 0.1) is 0 Å². The molecule has 1 rings (SSSR count). The molecule has 0 aliphatic carbocycles. The van der Waals surface area contributed by atoms with Gasteiger partial charge in [0.25, 0.3) is 0 Å². The van der Waals surface area contributed by atoms with Crippen molar-refractivity contribution in [3.05, 3.63) is 47.5 Å². The van der Waals surface area contributed by atoms with Gasteiger partial charge in [0.2, 0.25) is 0 Å². The second kappa shape index (κ2) is 7.26. The van der Waals surface area contributed by atoms with E-state index < -0.39 is 23.8 Å². The number of alkyl halides is 3. The molecule has 0 aliphatic heterocycles. The predicted octanol–water partition coefficient (Wildman–Crippen LogP) is 3.64. The van der Waals surface area contributed by atoms with Crippen LogP contribution in [0.15, 0.2) is 36.4 Å². The zero-order valence-corrected chi connectivity index (χ0v) is 11.6. The fourth-order valence-electron chi connectivity index (χ4n) is 1.57. The third-order valence-corrected chi connectivity index (χ3v) is 2.88. The minimum absolute atomic E-state index is 0.153. The average molecular weight is 302 g/mol. The maximum absolute atomic E-state index is 12.4. The number of unbranched alkanes of at least 4 members (excludes halogenated alkanes) is 1. The van der Waals surface area contributed by atoms with E-state index >= 15 is 0 Å². The molecule has 0 radical (unpaired) electrons. The van der Waals surface area contributed by atoms with Gasteiger partial charge in [0.05, 0.1) is 17.7 Å². The van der Waals surface area contributed by atoms with Gasteiger partial charge in [0.15, 0.2) is 0 Å². The van der Waals surface area contributed by atoms with Gasteiger partial charge in [-0.25, -0.2) is 4.79 Å². The number of hydrogen-bond donors (Lipinski definition) is 1. The summed E-state index contributed by atoms with van der Waals surface area (Å²) in [4.78, 5) is 11.6. The smallest absolute Gasteiger partial charge is 0.416 e. The first-order chi connectivity index (χ1) is 9.77. The van der Waals surface area contributed by atoms with Crippen molar-refractivity contribution in [1.82, 2.24) is 0 Å². The molecule has 0 aromatic heterocycles. The Balaban J connectivity index is 2.72. The number of rotatable bonds is 6. The minimum atomic E-state index is -4.44. The zero-order valence-electron chi connectivity index (χ0n) is 11.6. The Bertz CT molecular complexity index is 492. The van der Waals surface area contributed by atoms with E-state index in [1.54, 1.807) is 0 Å². The first-order valence-corrected chi connectivity index (χ1v) is 6.48. The Hall–Kier alpha value is -1.82. The molecule has 21 heavy (non-hydrogen) atoms. The number of aliphatic hydroxyl groups excluding tert-OH is 1. The molecule has 3 nitrogen and oxygen atoms in total. The molecule has 0 heterocycles. The number of halogens is 3. The van der Waals surface area contributed by atoms with Crippen LogP contribution in [0.2, 0.25) is 0 Å². The van der Waals surface area contributed by atoms with E-state index in [0.29, 0.717) is 6.42 Å². The topological polar surface area (TPSA) is 46.5 Å². The predicted molar refractivity (Wildman–Crippen MR) is 71.4 cm³/mol. The van der Waals surface area contributed by atoms with Gasteiger partial charge in [-0.2, -0.15) is 13.2 Å². The number of aliphatic hydroxyl groups is 1. The van der Waals surface area contributed by atoms with E-state index in [1.165, 1.54) is 0 Å². The fourth-order valence-corrected chi connectivity index (χ4v) is 1.57. The normalized spacial score (nSPS) is 12.8. The van der Waals surface area contributed by atoms with Crippen molar-refractivity contribution in [2.75, 3.05) is 6.61 Å². The van der Waals surface area contributed by atoms with Gasteiger partial charge in [0.1, 0.15) is 6.10 Å². The molecule has 0 saturated heterocycles. The SMILES string of the molecule is C=C(C(=O)OCCCC)[C@@H](O)c1ccc(C(F)(F)F)cc1. The van der Waals surface area contributed by atoms with Crippen LogP contribution in [0.4, 0.5) is 13.2 Å². The highest BCUT2D eigenvalue weighted by atomic mass is 19.4. The molecule has 0 spiro atoms. The molecule has 116 valence electrons. The third-order valence-electron chi connectivity index (χ3n) is 2.88. The quantitative estimate of drug-likeness (QED) is 0.496. The lowest BCUT2D eigenvalue weighted by atomic mass is 10.0. The summed E-state index contributed by atoms with van der Waals surface area (Å²) in [5.41, 5.74) is -0.874. The molecule has 1 aromatic carbocycles. The third kappa shape index (κ3) is 4.90. The van der Waals surface area contributed by atoms with Gasteiger partial charge in [0, 0.05) is 0 Å². The minimum Gasteiger partial charge on any atom is -0.462 e. The first-order valence-electron chi connectivity index (χ1n) is 6.48. The molecule has 0 unspecified atom stereocenters. The molecule has 6 heteroatoms. The lowest BCUT2D eigenvalue weighted by Gasteiger charge is -2.14. The monoisotopic (exact) mass is 302 g/mol. The summed E-state index contributed by atoms with van der Waals surface area (Å²) in [6, 6.07) is 3.90. The molecule has 0 aliphatic rings. The van der Waals surface area contributed by atoms with Gasteiger partial charge >= 0.3 is 12.1 Å². The second-order valence-electron chi connectivity index (χ2n) is 4.54. The number of esters is 1. The van der Waals surface area contributed by atoms with Crippen LogP contribution in [0.5, 0.6) is 0 Å². The van der Waals surface area contributed by atoms with Crippen molar-refractivity contribution >= 4 is 5.97 Å². The summed E-state index contributed by atoms with van der Waals surface area (Å²) in [5, 5.41) is 9.93. The number of benzene rings is 1. The maximum Gasteiger partial charge on any atom is 0.416 e. The van der Waals surface area contributed by atoms with Crippen LogP contribution in [0.1, 0.15) is 37.0 Å². The Labute approximate surface area is 121 Å². The highest BCUT2D eigenvalue weighted by Crippen LogP contribution is 2.30. The Morgan fingerprint density at radius 3 is 2.38 bits per heavy atom. The Morgan fingerprint density at radius 1 is 1.33 bits per heavy atom. The molecule has 0 bridgehead atoms. The van der Waals surface area contributed by atoms with Crippen molar-refractivity contribution < 1.29 is 27.8 Å². The highest BCUT2D eigenvalue weighted by Gasteiger charge is 2.30. The lowest BCUT2D eigenvalue weighted by molar-refractivity contribution is -0.140. The van der Waals surface area contributed by atoms with E-state index in [2.05, 4.69) is 6.58 Å². The number of carbonyl (C=O) groups is 1. The van der Waals surface area contributed by atoms with Gasteiger partial charge < -0.3 is 9.84 Å². The summed E-state index contributed by atoms with van der Waals surface area (Å²) < 4.78 is 42.2. The van der Waals surface area contributed by atoms with Crippen molar-refractivity contribution in [2.45, 2.75) is 32.0 Å². The molecule has 1 N–H and O–H groups in total. The first kappa shape index (κ1) is 17.2. The number of hydrogen-bond acceptors (Lipinski definition) is 3. The van der Waals surface area contributed by atoms with Crippen molar-refractivity contribution in [3.8, 4) is 0 Å². The fraction of sp³-hybridized carbons (Fsp3) is 0.400. The van der Waals surface area contributed by atoms with E-state index in [4.69, 9.17) is 4.74 Å². The van der Waals surface area contributed by atoms with Crippen LogP contribution in [-0.2, 0) is 15.7 Å². The lowest BCUT2D eigenvalue weighted by Crippen LogP contribution is -2.14. The average Bonchev–Trinajstić information content (AvgIpc) is 2.45. The molecular formula is C15H17F3O3. The molecule has 1 aromatic rings. The standard InChI is InChI=1S/C15H17F3O3/c1-3-4-9-21-14(20)10(2)13(19)11-5-7-12(8-6-11)15(16,17)18/h5-8,13,19H,2-4,9H2,1H3/t13-/m1/s1. The van der Waals surface area contributed by atoms with E-state index in [9.17, 15) is 23.1 Å². The molecule has 0 amide bonds. The maximum atomic E-state index is 12.4. The number of carbonyl (C=O) groups excluding carboxylic acids is 1.